The molecule has 2 N–H and O–H groups in total. The quantitative estimate of drug-likeness (QED) is 0.859. The molecule has 106 valence electrons. The first-order valence-corrected chi connectivity index (χ1v) is 7.69. The van der Waals surface area contributed by atoms with Crippen LogP contribution in [0, 0.1) is 6.92 Å². The van der Waals surface area contributed by atoms with E-state index in [0.29, 0.717) is 17.1 Å². The zero-order chi connectivity index (χ0) is 14.0. The summed E-state index contributed by atoms with van der Waals surface area (Å²) in [6.45, 7) is 4.07. The molecule has 1 fully saturated rings. The molecular formula is C13H21N3O2S. The molecule has 2 unspecified atom stereocenters. The van der Waals surface area contributed by atoms with E-state index >= 15 is 0 Å². The van der Waals surface area contributed by atoms with Crippen LogP contribution in [0.25, 0.3) is 0 Å². The van der Waals surface area contributed by atoms with Crippen molar-refractivity contribution in [2.24, 2.45) is 0 Å². The predicted octanol–water partition coefficient (Wildman–Crippen LogP) is 2.41. The molecule has 1 aliphatic carbocycles. The normalized spacial score (nSPS) is 22.7. The van der Waals surface area contributed by atoms with Gasteiger partial charge in [-0.25, -0.2) is 9.78 Å². The SMILES string of the molecule is CCSC1CCCC1n1c(C)nc(C(=O)OC)c1N. The van der Waals surface area contributed by atoms with Gasteiger partial charge in [-0.2, -0.15) is 11.8 Å². The molecule has 6 heteroatoms. The van der Waals surface area contributed by atoms with Crippen LogP contribution in [-0.2, 0) is 4.74 Å². The van der Waals surface area contributed by atoms with Crippen molar-refractivity contribution in [1.82, 2.24) is 9.55 Å². The van der Waals surface area contributed by atoms with E-state index in [1.54, 1.807) is 0 Å². The second kappa shape index (κ2) is 5.86. The van der Waals surface area contributed by atoms with E-state index in [1.807, 2.05) is 23.3 Å². The molecular weight excluding hydrogens is 262 g/mol. The third kappa shape index (κ3) is 2.59. The summed E-state index contributed by atoms with van der Waals surface area (Å²) in [5.41, 5.74) is 6.35. The van der Waals surface area contributed by atoms with E-state index in [2.05, 4.69) is 11.9 Å². The van der Waals surface area contributed by atoms with Crippen LogP contribution in [-0.4, -0.2) is 33.6 Å². The highest BCUT2D eigenvalue weighted by molar-refractivity contribution is 7.99. The number of imidazole rings is 1. The van der Waals surface area contributed by atoms with Crippen LogP contribution in [0.15, 0.2) is 0 Å². The van der Waals surface area contributed by atoms with Crippen LogP contribution in [0.1, 0.15) is 48.5 Å². The number of aryl methyl sites for hydroxylation is 1. The second-order valence-electron chi connectivity index (χ2n) is 4.75. The van der Waals surface area contributed by atoms with E-state index < -0.39 is 5.97 Å². The maximum atomic E-state index is 11.6. The number of hydrogen-bond acceptors (Lipinski definition) is 5. The van der Waals surface area contributed by atoms with Gasteiger partial charge in [-0.3, -0.25) is 0 Å². The first-order valence-electron chi connectivity index (χ1n) is 6.64. The van der Waals surface area contributed by atoms with Crippen LogP contribution in [0.5, 0.6) is 0 Å². The maximum absolute atomic E-state index is 11.6. The van der Waals surface area contributed by atoms with Gasteiger partial charge in [0.15, 0.2) is 5.69 Å². The Bertz CT molecular complexity index is 473. The lowest BCUT2D eigenvalue weighted by Crippen LogP contribution is -2.19. The number of thioether (sulfide) groups is 1. The van der Waals surface area contributed by atoms with Gasteiger partial charge in [0.25, 0.3) is 0 Å². The zero-order valence-electron chi connectivity index (χ0n) is 11.7. The largest absolute Gasteiger partial charge is 0.464 e. The van der Waals surface area contributed by atoms with Crippen LogP contribution >= 0.6 is 11.8 Å². The highest BCUT2D eigenvalue weighted by atomic mass is 32.2. The molecule has 0 spiro atoms. The van der Waals surface area contributed by atoms with Crippen molar-refractivity contribution in [1.29, 1.82) is 0 Å². The minimum atomic E-state index is -0.461. The highest BCUT2D eigenvalue weighted by Crippen LogP contribution is 2.40. The minimum Gasteiger partial charge on any atom is -0.464 e. The van der Waals surface area contributed by atoms with Crippen molar-refractivity contribution < 1.29 is 9.53 Å². The first-order chi connectivity index (χ1) is 9.10. The van der Waals surface area contributed by atoms with Gasteiger partial charge in [0, 0.05) is 11.3 Å². The summed E-state index contributed by atoms with van der Waals surface area (Å²) < 4.78 is 6.74. The Balaban J connectivity index is 2.34. The molecule has 0 bridgehead atoms. The van der Waals surface area contributed by atoms with E-state index in [1.165, 1.54) is 20.0 Å². The molecule has 0 aromatic carbocycles. The third-order valence-electron chi connectivity index (χ3n) is 3.63. The van der Waals surface area contributed by atoms with E-state index in [0.717, 1.165) is 18.0 Å². The average Bonchev–Trinajstić information content (AvgIpc) is 2.94. The van der Waals surface area contributed by atoms with Crippen molar-refractivity contribution >= 4 is 23.5 Å². The molecule has 0 saturated heterocycles. The number of methoxy groups -OCH3 is 1. The molecule has 0 amide bonds. The smallest absolute Gasteiger partial charge is 0.360 e. The molecule has 1 aromatic rings. The molecule has 1 aliphatic rings. The number of esters is 1. The molecule has 2 atom stereocenters. The number of rotatable bonds is 4. The topological polar surface area (TPSA) is 70.1 Å². The van der Waals surface area contributed by atoms with Gasteiger partial charge in [-0.05, 0) is 25.5 Å². The lowest BCUT2D eigenvalue weighted by atomic mass is 10.2. The Labute approximate surface area is 117 Å². The Kier molecular flexibility index (Phi) is 4.39. The fraction of sp³-hybridized carbons (Fsp3) is 0.692. The van der Waals surface area contributed by atoms with Crippen molar-refractivity contribution in [2.45, 2.75) is 44.4 Å². The van der Waals surface area contributed by atoms with Gasteiger partial charge >= 0.3 is 5.97 Å². The molecule has 5 nitrogen and oxygen atoms in total. The van der Waals surface area contributed by atoms with E-state index in [4.69, 9.17) is 10.5 Å². The molecule has 19 heavy (non-hydrogen) atoms. The van der Waals surface area contributed by atoms with Crippen LogP contribution < -0.4 is 5.73 Å². The number of carbonyl (C=O) groups is 1. The summed E-state index contributed by atoms with van der Waals surface area (Å²) in [5.74, 6) is 1.88. The fourth-order valence-corrected chi connectivity index (χ4v) is 4.08. The van der Waals surface area contributed by atoms with Crippen LogP contribution in [0.3, 0.4) is 0 Å². The number of anilines is 1. The van der Waals surface area contributed by atoms with Crippen molar-refractivity contribution in [3.8, 4) is 0 Å². The number of aromatic nitrogens is 2. The molecule has 0 radical (unpaired) electrons. The van der Waals surface area contributed by atoms with Gasteiger partial charge in [-0.15, -0.1) is 0 Å². The van der Waals surface area contributed by atoms with Crippen LogP contribution in [0.4, 0.5) is 5.82 Å². The highest BCUT2D eigenvalue weighted by Gasteiger charge is 2.32. The maximum Gasteiger partial charge on any atom is 0.360 e. The first kappa shape index (κ1) is 14.2. The predicted molar refractivity (Wildman–Crippen MR) is 77.5 cm³/mol. The number of carbonyl (C=O) groups excluding carboxylic acids is 1. The third-order valence-corrected chi connectivity index (χ3v) is 4.94. The summed E-state index contributed by atoms with van der Waals surface area (Å²) >= 11 is 1.96. The summed E-state index contributed by atoms with van der Waals surface area (Å²) in [6.07, 6.45) is 3.50. The second-order valence-corrected chi connectivity index (χ2v) is 6.26. The molecule has 1 heterocycles. The summed E-state index contributed by atoms with van der Waals surface area (Å²) in [6, 6.07) is 0.343. The Morgan fingerprint density at radius 1 is 1.58 bits per heavy atom. The number of hydrogen-bond donors (Lipinski definition) is 1. The molecule has 1 aromatic heterocycles. The number of nitrogens with two attached hydrogens (primary N) is 1. The molecule has 1 saturated carbocycles. The van der Waals surface area contributed by atoms with Gasteiger partial charge < -0.3 is 15.0 Å². The van der Waals surface area contributed by atoms with E-state index in [-0.39, 0.29) is 5.69 Å². The zero-order valence-corrected chi connectivity index (χ0v) is 12.5. The Hall–Kier alpha value is -1.17. The van der Waals surface area contributed by atoms with E-state index in [9.17, 15) is 4.79 Å². The lowest BCUT2D eigenvalue weighted by Gasteiger charge is -2.22. The Morgan fingerprint density at radius 2 is 2.32 bits per heavy atom. The number of nitrogens with zero attached hydrogens (tertiary/aromatic N) is 2. The Morgan fingerprint density at radius 3 is 2.95 bits per heavy atom. The van der Waals surface area contributed by atoms with Crippen molar-refractivity contribution in [2.75, 3.05) is 18.6 Å². The molecule has 2 rings (SSSR count). The van der Waals surface area contributed by atoms with Gasteiger partial charge in [-0.1, -0.05) is 13.3 Å². The van der Waals surface area contributed by atoms with Crippen molar-refractivity contribution in [3.63, 3.8) is 0 Å². The van der Waals surface area contributed by atoms with Gasteiger partial charge in [0.2, 0.25) is 0 Å². The molecule has 0 aliphatic heterocycles. The summed E-state index contributed by atoms with van der Waals surface area (Å²) in [7, 11) is 1.35. The monoisotopic (exact) mass is 283 g/mol. The average molecular weight is 283 g/mol. The summed E-state index contributed by atoms with van der Waals surface area (Å²) in [4.78, 5) is 15.9. The lowest BCUT2D eigenvalue weighted by molar-refractivity contribution is 0.0595. The summed E-state index contributed by atoms with van der Waals surface area (Å²) in [5, 5.41) is 0.561. The number of ether oxygens (including phenoxy) is 1. The van der Waals surface area contributed by atoms with Gasteiger partial charge in [0.1, 0.15) is 11.6 Å². The number of nitrogen functional groups attached to an aromatic ring is 1. The van der Waals surface area contributed by atoms with Gasteiger partial charge in [0.05, 0.1) is 7.11 Å². The van der Waals surface area contributed by atoms with Crippen LogP contribution in [0.2, 0.25) is 0 Å². The van der Waals surface area contributed by atoms with Crippen molar-refractivity contribution in [3.05, 3.63) is 11.5 Å². The standard InChI is InChI=1S/C13H21N3O2S/c1-4-19-10-7-5-6-9(10)16-8(2)15-11(12(16)14)13(17)18-3/h9-10H,4-7,14H2,1-3H3. The fourth-order valence-electron chi connectivity index (χ4n) is 2.84. The minimum absolute atomic E-state index is 0.243.